The van der Waals surface area contributed by atoms with Crippen molar-refractivity contribution in [3.63, 3.8) is 0 Å². The Bertz CT molecular complexity index is 557. The first-order chi connectivity index (χ1) is 8.18. The number of hydrogen-bond donors (Lipinski definition) is 1. The van der Waals surface area contributed by atoms with Gasteiger partial charge in [0.2, 0.25) is 5.03 Å². The molecule has 6 heteroatoms. The zero-order valence-corrected chi connectivity index (χ0v) is 11.6. The second-order valence-electron chi connectivity index (χ2n) is 5.61. The number of nitrogens with zero attached hydrogens (tertiary/aromatic N) is 1. The molecule has 18 heavy (non-hydrogen) atoms. The summed E-state index contributed by atoms with van der Waals surface area (Å²) in [6, 6.07) is 3.43. The Morgan fingerprint density at radius 2 is 1.94 bits per heavy atom. The second kappa shape index (κ2) is 4.20. The van der Waals surface area contributed by atoms with Gasteiger partial charge in [0.25, 0.3) is 10.0 Å². The molecule has 2 N–H and O–H groups in total. The number of sulfonamides is 1. The van der Waals surface area contributed by atoms with Crippen LogP contribution in [0.25, 0.3) is 0 Å². The van der Waals surface area contributed by atoms with Crippen molar-refractivity contribution in [3.8, 4) is 5.75 Å². The van der Waals surface area contributed by atoms with Gasteiger partial charge in [-0.2, -0.15) is 0 Å². The van der Waals surface area contributed by atoms with E-state index in [2.05, 4.69) is 4.98 Å². The average Bonchev–Trinajstić information content (AvgIpc) is 2.98. The van der Waals surface area contributed by atoms with Crippen molar-refractivity contribution < 1.29 is 13.2 Å². The maximum Gasteiger partial charge on any atom is 0.259 e. The normalized spacial score (nSPS) is 16.7. The molecule has 1 fully saturated rings. The molecule has 0 unspecified atom stereocenters. The zero-order chi connectivity index (χ0) is 13.6. The molecule has 1 aliphatic carbocycles. The minimum absolute atomic E-state index is 0.104. The van der Waals surface area contributed by atoms with Crippen LogP contribution in [0.3, 0.4) is 0 Å². The number of primary sulfonamides is 1. The molecule has 1 saturated carbocycles. The fraction of sp³-hybridized carbons (Fsp3) is 0.583. The van der Waals surface area contributed by atoms with E-state index in [0.717, 1.165) is 12.8 Å². The fourth-order valence-corrected chi connectivity index (χ4v) is 2.13. The van der Waals surface area contributed by atoms with E-state index in [1.165, 1.54) is 0 Å². The average molecular weight is 270 g/mol. The quantitative estimate of drug-likeness (QED) is 0.903. The summed E-state index contributed by atoms with van der Waals surface area (Å²) in [6.07, 6.45) is 2.00. The molecule has 0 bridgehead atoms. The highest BCUT2D eigenvalue weighted by Crippen LogP contribution is 2.32. The topological polar surface area (TPSA) is 82.3 Å². The Hall–Kier alpha value is -1.14. The van der Waals surface area contributed by atoms with Gasteiger partial charge in [0.1, 0.15) is 0 Å². The molecule has 0 amide bonds. The fourth-order valence-electron chi connectivity index (χ4n) is 1.50. The van der Waals surface area contributed by atoms with Crippen molar-refractivity contribution in [2.75, 3.05) is 0 Å². The molecule has 0 saturated heterocycles. The minimum Gasteiger partial charge on any atom is -0.487 e. The van der Waals surface area contributed by atoms with Crippen LogP contribution in [0.5, 0.6) is 5.75 Å². The number of aromatic nitrogens is 1. The lowest BCUT2D eigenvalue weighted by Crippen LogP contribution is -2.20. The predicted molar refractivity (Wildman–Crippen MR) is 68.0 cm³/mol. The third-order valence-electron chi connectivity index (χ3n) is 2.68. The number of pyridine rings is 1. The molecule has 5 nitrogen and oxygen atoms in total. The Morgan fingerprint density at radius 1 is 1.33 bits per heavy atom. The summed E-state index contributed by atoms with van der Waals surface area (Å²) in [5, 5.41) is 5.03. The van der Waals surface area contributed by atoms with Crippen molar-refractivity contribution in [1.82, 2.24) is 4.98 Å². The first-order valence-electron chi connectivity index (χ1n) is 5.89. The van der Waals surface area contributed by atoms with Crippen LogP contribution in [0.1, 0.15) is 39.3 Å². The van der Waals surface area contributed by atoms with Gasteiger partial charge in [-0.3, -0.25) is 0 Å². The van der Waals surface area contributed by atoms with E-state index in [-0.39, 0.29) is 22.3 Å². The van der Waals surface area contributed by atoms with Gasteiger partial charge in [0.15, 0.2) is 5.75 Å². The van der Waals surface area contributed by atoms with Crippen LogP contribution in [0.4, 0.5) is 0 Å². The summed E-state index contributed by atoms with van der Waals surface area (Å²) in [7, 11) is -3.87. The zero-order valence-electron chi connectivity index (χ0n) is 10.8. The maximum atomic E-state index is 11.6. The summed E-state index contributed by atoms with van der Waals surface area (Å²) >= 11 is 0. The van der Waals surface area contributed by atoms with Gasteiger partial charge < -0.3 is 4.74 Å². The van der Waals surface area contributed by atoms with Crippen molar-refractivity contribution in [2.45, 2.75) is 50.2 Å². The first-order valence-corrected chi connectivity index (χ1v) is 7.43. The largest absolute Gasteiger partial charge is 0.487 e. The molecule has 0 spiro atoms. The van der Waals surface area contributed by atoms with Crippen LogP contribution in [0.2, 0.25) is 0 Å². The van der Waals surface area contributed by atoms with Gasteiger partial charge in [-0.15, -0.1) is 0 Å². The van der Waals surface area contributed by atoms with Crippen molar-refractivity contribution in [2.24, 2.45) is 5.14 Å². The predicted octanol–water partition coefficient (Wildman–Crippen LogP) is 1.57. The third kappa shape index (κ3) is 3.00. The standard InChI is InChI=1S/C12H18N2O3S/c1-12(2,3)10-7-6-9(17-8-4-5-8)11(14-10)18(13,15)16/h6-8H,4-5H2,1-3H3,(H2,13,15,16). The molecule has 1 aromatic heterocycles. The monoisotopic (exact) mass is 270 g/mol. The maximum absolute atomic E-state index is 11.6. The third-order valence-corrected chi connectivity index (χ3v) is 3.51. The Labute approximate surface area is 107 Å². The number of hydrogen-bond acceptors (Lipinski definition) is 4. The summed E-state index contributed by atoms with van der Waals surface area (Å²) in [5.41, 5.74) is 0.437. The van der Waals surface area contributed by atoms with Gasteiger partial charge in [-0.25, -0.2) is 18.5 Å². The van der Waals surface area contributed by atoms with E-state index in [0.29, 0.717) is 5.69 Å². The van der Waals surface area contributed by atoms with Crippen molar-refractivity contribution >= 4 is 10.0 Å². The second-order valence-corrected chi connectivity index (χ2v) is 7.09. The Morgan fingerprint density at radius 3 is 2.39 bits per heavy atom. The van der Waals surface area contributed by atoms with E-state index >= 15 is 0 Å². The number of nitrogens with two attached hydrogens (primary N) is 1. The highest BCUT2D eigenvalue weighted by Gasteiger charge is 2.28. The van der Waals surface area contributed by atoms with Crippen LogP contribution in [-0.4, -0.2) is 19.5 Å². The Kier molecular flexibility index (Phi) is 3.11. The minimum atomic E-state index is -3.87. The highest BCUT2D eigenvalue weighted by molar-refractivity contribution is 7.89. The van der Waals surface area contributed by atoms with Crippen LogP contribution in [0.15, 0.2) is 17.2 Å². The number of ether oxygens (including phenoxy) is 1. The van der Waals surface area contributed by atoms with E-state index in [1.54, 1.807) is 12.1 Å². The Balaban J connectivity index is 2.48. The lowest BCUT2D eigenvalue weighted by Gasteiger charge is -2.19. The van der Waals surface area contributed by atoms with Crippen molar-refractivity contribution in [3.05, 3.63) is 17.8 Å². The van der Waals surface area contributed by atoms with Gasteiger partial charge in [0.05, 0.1) is 6.10 Å². The molecule has 0 aromatic carbocycles. The molecule has 1 aromatic rings. The molecule has 1 aliphatic rings. The molecule has 2 rings (SSSR count). The lowest BCUT2D eigenvalue weighted by atomic mass is 9.92. The van der Waals surface area contributed by atoms with E-state index in [1.807, 2.05) is 20.8 Å². The van der Waals surface area contributed by atoms with Crippen LogP contribution in [0, 0.1) is 0 Å². The van der Waals surface area contributed by atoms with Crippen molar-refractivity contribution in [1.29, 1.82) is 0 Å². The van der Waals surface area contributed by atoms with Crippen LogP contribution < -0.4 is 9.88 Å². The van der Waals surface area contributed by atoms with Crippen LogP contribution in [-0.2, 0) is 15.4 Å². The molecule has 0 radical (unpaired) electrons. The van der Waals surface area contributed by atoms with Gasteiger partial charge in [-0.05, 0) is 25.0 Å². The summed E-state index contributed by atoms with van der Waals surface area (Å²) in [5.74, 6) is 0.257. The van der Waals surface area contributed by atoms with E-state index in [9.17, 15) is 8.42 Å². The van der Waals surface area contributed by atoms with E-state index < -0.39 is 10.0 Å². The number of rotatable bonds is 3. The van der Waals surface area contributed by atoms with Gasteiger partial charge in [-0.1, -0.05) is 20.8 Å². The summed E-state index contributed by atoms with van der Waals surface area (Å²) in [6.45, 7) is 5.89. The molecule has 0 atom stereocenters. The summed E-state index contributed by atoms with van der Waals surface area (Å²) < 4.78 is 28.7. The van der Waals surface area contributed by atoms with E-state index in [4.69, 9.17) is 9.88 Å². The summed E-state index contributed by atoms with van der Waals surface area (Å²) in [4.78, 5) is 4.16. The first kappa shape index (κ1) is 13.3. The molecule has 0 aliphatic heterocycles. The molecular weight excluding hydrogens is 252 g/mol. The van der Waals surface area contributed by atoms with Gasteiger partial charge >= 0.3 is 0 Å². The van der Waals surface area contributed by atoms with Gasteiger partial charge in [0, 0.05) is 11.1 Å². The molecular formula is C12H18N2O3S. The smallest absolute Gasteiger partial charge is 0.259 e. The SMILES string of the molecule is CC(C)(C)c1ccc(OC2CC2)c(S(N)(=O)=O)n1. The molecule has 100 valence electrons. The highest BCUT2D eigenvalue weighted by atomic mass is 32.2. The van der Waals surface area contributed by atoms with Crippen LogP contribution >= 0.6 is 0 Å². The lowest BCUT2D eigenvalue weighted by molar-refractivity contribution is 0.291. The molecule has 1 heterocycles.